The molecule has 2 fully saturated rings. The van der Waals surface area contributed by atoms with Gasteiger partial charge in [-0.1, -0.05) is 0 Å². The smallest absolute Gasteiger partial charge is 0.223 e. The molecule has 0 bridgehead atoms. The summed E-state index contributed by atoms with van der Waals surface area (Å²) in [6, 6.07) is 0.379. The standard InChI is InChI=1S/C10H18N2O/c1-2-12-10(13)7-3-6-5-9(11)8(6)4-7/h6-9H,2-5,11H2,1H3,(H,12,13)/t6-,7?,8-,9+/m1/s1. The lowest BCUT2D eigenvalue weighted by atomic mass is 9.72. The monoisotopic (exact) mass is 182 g/mol. The third-order valence-corrected chi connectivity index (χ3v) is 3.60. The number of fused-ring (bicyclic) bond motifs is 1. The van der Waals surface area contributed by atoms with Crippen molar-refractivity contribution in [3.05, 3.63) is 0 Å². The Bertz CT molecular complexity index is 217. The summed E-state index contributed by atoms with van der Waals surface area (Å²) in [6.45, 7) is 2.71. The summed E-state index contributed by atoms with van der Waals surface area (Å²) in [5.74, 6) is 1.89. The molecule has 2 aliphatic rings. The Balaban J connectivity index is 1.87. The molecule has 3 nitrogen and oxygen atoms in total. The Kier molecular flexibility index (Phi) is 2.28. The molecule has 0 aliphatic heterocycles. The number of hydrogen-bond donors (Lipinski definition) is 2. The van der Waals surface area contributed by atoms with E-state index in [0.29, 0.717) is 12.0 Å². The van der Waals surface area contributed by atoms with E-state index in [1.807, 2.05) is 6.92 Å². The van der Waals surface area contributed by atoms with Crippen LogP contribution in [0.4, 0.5) is 0 Å². The topological polar surface area (TPSA) is 55.1 Å². The van der Waals surface area contributed by atoms with Crippen molar-refractivity contribution in [1.82, 2.24) is 5.32 Å². The first kappa shape index (κ1) is 9.00. The molecule has 0 radical (unpaired) electrons. The van der Waals surface area contributed by atoms with Crippen molar-refractivity contribution in [3.8, 4) is 0 Å². The Morgan fingerprint density at radius 3 is 2.77 bits per heavy atom. The fourth-order valence-electron chi connectivity index (χ4n) is 2.81. The minimum atomic E-state index is 0.240. The number of rotatable bonds is 2. The van der Waals surface area contributed by atoms with Crippen LogP contribution in [0.15, 0.2) is 0 Å². The summed E-state index contributed by atoms with van der Waals surface area (Å²) in [6.07, 6.45) is 3.24. The van der Waals surface area contributed by atoms with Gasteiger partial charge in [-0.25, -0.2) is 0 Å². The lowest BCUT2D eigenvalue weighted by Gasteiger charge is -2.37. The van der Waals surface area contributed by atoms with E-state index < -0.39 is 0 Å². The predicted molar refractivity (Wildman–Crippen MR) is 51.0 cm³/mol. The van der Waals surface area contributed by atoms with E-state index in [4.69, 9.17) is 5.73 Å². The number of amides is 1. The molecule has 2 aliphatic carbocycles. The first-order valence-electron chi connectivity index (χ1n) is 5.25. The normalized spacial score (nSPS) is 42.3. The summed E-state index contributed by atoms with van der Waals surface area (Å²) in [5.41, 5.74) is 5.87. The van der Waals surface area contributed by atoms with Gasteiger partial charge in [-0.05, 0) is 38.0 Å². The molecule has 74 valence electrons. The quantitative estimate of drug-likeness (QED) is 0.653. The molecule has 0 saturated heterocycles. The molecule has 3 N–H and O–H groups in total. The molecule has 13 heavy (non-hydrogen) atoms. The van der Waals surface area contributed by atoms with Crippen LogP contribution in [0.1, 0.15) is 26.2 Å². The maximum absolute atomic E-state index is 11.5. The van der Waals surface area contributed by atoms with Gasteiger partial charge in [-0.2, -0.15) is 0 Å². The van der Waals surface area contributed by atoms with Gasteiger partial charge in [0.25, 0.3) is 0 Å². The van der Waals surface area contributed by atoms with Crippen LogP contribution in [-0.2, 0) is 4.79 Å². The van der Waals surface area contributed by atoms with Gasteiger partial charge in [-0.15, -0.1) is 0 Å². The van der Waals surface area contributed by atoms with Crippen molar-refractivity contribution in [3.63, 3.8) is 0 Å². The maximum Gasteiger partial charge on any atom is 0.223 e. The molecule has 2 rings (SSSR count). The molecule has 4 atom stereocenters. The number of hydrogen-bond acceptors (Lipinski definition) is 2. The number of carbonyl (C=O) groups excluding carboxylic acids is 1. The summed E-state index contributed by atoms with van der Waals surface area (Å²) < 4.78 is 0. The third kappa shape index (κ3) is 1.46. The summed E-state index contributed by atoms with van der Waals surface area (Å²) in [7, 11) is 0. The van der Waals surface area contributed by atoms with Crippen LogP contribution in [-0.4, -0.2) is 18.5 Å². The van der Waals surface area contributed by atoms with E-state index >= 15 is 0 Å². The highest BCUT2D eigenvalue weighted by atomic mass is 16.1. The molecular weight excluding hydrogens is 164 g/mol. The average Bonchev–Trinajstić information content (AvgIpc) is 2.43. The van der Waals surface area contributed by atoms with Crippen molar-refractivity contribution >= 4 is 5.91 Å². The zero-order chi connectivity index (χ0) is 9.42. The zero-order valence-corrected chi connectivity index (χ0v) is 8.12. The SMILES string of the molecule is CCNC(=O)C1C[C@@H]2C[C@H](N)[C@@H]2C1. The van der Waals surface area contributed by atoms with Gasteiger partial charge < -0.3 is 11.1 Å². The molecule has 0 aromatic rings. The molecule has 1 unspecified atom stereocenters. The minimum absolute atomic E-state index is 0.240. The second-order valence-electron chi connectivity index (χ2n) is 4.39. The van der Waals surface area contributed by atoms with Crippen LogP contribution < -0.4 is 11.1 Å². The van der Waals surface area contributed by atoms with Crippen molar-refractivity contribution in [2.24, 2.45) is 23.5 Å². The molecule has 0 spiro atoms. The lowest BCUT2D eigenvalue weighted by molar-refractivity contribution is -0.124. The molecule has 0 aromatic carbocycles. The Morgan fingerprint density at radius 1 is 1.46 bits per heavy atom. The van der Waals surface area contributed by atoms with Gasteiger partial charge in [0, 0.05) is 18.5 Å². The summed E-state index contributed by atoms with van der Waals surface area (Å²) in [4.78, 5) is 11.5. The number of nitrogens with one attached hydrogen (secondary N) is 1. The van der Waals surface area contributed by atoms with Crippen molar-refractivity contribution in [2.75, 3.05) is 6.54 Å². The van der Waals surface area contributed by atoms with Gasteiger partial charge in [0.15, 0.2) is 0 Å². The fraction of sp³-hybridized carbons (Fsp3) is 0.900. The molecular formula is C10H18N2O. The van der Waals surface area contributed by atoms with Gasteiger partial charge in [0.2, 0.25) is 5.91 Å². The van der Waals surface area contributed by atoms with Crippen molar-refractivity contribution in [1.29, 1.82) is 0 Å². The van der Waals surface area contributed by atoms with E-state index in [-0.39, 0.29) is 11.8 Å². The van der Waals surface area contributed by atoms with Crippen LogP contribution >= 0.6 is 0 Å². The molecule has 0 aromatic heterocycles. The Labute approximate surface area is 79.1 Å². The molecule has 0 heterocycles. The number of carbonyl (C=O) groups is 1. The second-order valence-corrected chi connectivity index (χ2v) is 4.39. The first-order valence-corrected chi connectivity index (χ1v) is 5.25. The largest absolute Gasteiger partial charge is 0.356 e. The molecule has 3 heteroatoms. The zero-order valence-electron chi connectivity index (χ0n) is 8.12. The fourth-order valence-corrected chi connectivity index (χ4v) is 2.81. The highest BCUT2D eigenvalue weighted by molar-refractivity contribution is 5.79. The first-order chi connectivity index (χ1) is 6.22. The Hall–Kier alpha value is -0.570. The predicted octanol–water partition coefficient (Wildman–Crippen LogP) is 0.496. The maximum atomic E-state index is 11.5. The van der Waals surface area contributed by atoms with Crippen LogP contribution in [0.25, 0.3) is 0 Å². The highest BCUT2D eigenvalue weighted by Crippen LogP contribution is 2.48. The van der Waals surface area contributed by atoms with Crippen LogP contribution in [0.5, 0.6) is 0 Å². The van der Waals surface area contributed by atoms with E-state index in [1.165, 1.54) is 0 Å². The van der Waals surface area contributed by atoms with Crippen molar-refractivity contribution in [2.45, 2.75) is 32.2 Å². The van der Waals surface area contributed by atoms with E-state index in [0.717, 1.165) is 31.7 Å². The van der Waals surface area contributed by atoms with E-state index in [1.54, 1.807) is 0 Å². The van der Waals surface area contributed by atoms with Gasteiger partial charge >= 0.3 is 0 Å². The Morgan fingerprint density at radius 2 is 2.23 bits per heavy atom. The van der Waals surface area contributed by atoms with Crippen molar-refractivity contribution < 1.29 is 4.79 Å². The van der Waals surface area contributed by atoms with Gasteiger partial charge in [0.05, 0.1) is 0 Å². The molecule has 2 saturated carbocycles. The average molecular weight is 182 g/mol. The highest BCUT2D eigenvalue weighted by Gasteiger charge is 2.47. The number of nitrogens with two attached hydrogens (primary N) is 1. The van der Waals surface area contributed by atoms with Crippen LogP contribution in [0, 0.1) is 17.8 Å². The minimum Gasteiger partial charge on any atom is -0.356 e. The van der Waals surface area contributed by atoms with Gasteiger partial charge in [-0.3, -0.25) is 4.79 Å². The van der Waals surface area contributed by atoms with Crippen LogP contribution in [0.2, 0.25) is 0 Å². The van der Waals surface area contributed by atoms with E-state index in [2.05, 4.69) is 5.32 Å². The van der Waals surface area contributed by atoms with Gasteiger partial charge in [0.1, 0.15) is 0 Å². The summed E-state index contributed by atoms with van der Waals surface area (Å²) in [5, 5.41) is 2.89. The second kappa shape index (κ2) is 3.29. The van der Waals surface area contributed by atoms with E-state index in [9.17, 15) is 4.79 Å². The third-order valence-electron chi connectivity index (χ3n) is 3.60. The summed E-state index contributed by atoms with van der Waals surface area (Å²) >= 11 is 0. The van der Waals surface area contributed by atoms with Crippen LogP contribution in [0.3, 0.4) is 0 Å². The lowest BCUT2D eigenvalue weighted by Crippen LogP contribution is -2.44. The molecule has 1 amide bonds.